The highest BCUT2D eigenvalue weighted by Crippen LogP contribution is 2.31. The molecule has 0 saturated heterocycles. The number of nitrogens with two attached hydrogens (primary N) is 1. The molecule has 72 valence electrons. The first kappa shape index (κ1) is 10.4. The van der Waals surface area contributed by atoms with Crippen LogP contribution in [0.2, 0.25) is 0 Å². The number of methoxy groups -OCH3 is 1. The van der Waals surface area contributed by atoms with E-state index in [4.69, 9.17) is 10.5 Å². The van der Waals surface area contributed by atoms with E-state index < -0.39 is 0 Å². The molecular weight excluding hydrogens is 186 g/mol. The number of benzene rings is 1. The van der Waals surface area contributed by atoms with Crippen LogP contribution in [0.25, 0.3) is 0 Å². The summed E-state index contributed by atoms with van der Waals surface area (Å²) in [5.74, 6) is 0.908. The monoisotopic (exact) mass is 199 g/mol. The van der Waals surface area contributed by atoms with Gasteiger partial charge in [0, 0.05) is 6.04 Å². The third kappa shape index (κ3) is 1.79. The summed E-state index contributed by atoms with van der Waals surface area (Å²) in [7, 11) is 1.68. The van der Waals surface area contributed by atoms with Crippen LogP contribution >= 0.6 is 12.4 Å². The molecular formula is C10H14ClNO. The summed E-state index contributed by atoms with van der Waals surface area (Å²) in [5, 5.41) is 0. The van der Waals surface area contributed by atoms with Gasteiger partial charge in [0.05, 0.1) is 7.11 Å². The SMILES string of the molecule is COc1ccc2c(c1)[C@H](N)CC2.Cl. The van der Waals surface area contributed by atoms with Gasteiger partial charge >= 0.3 is 0 Å². The first-order valence-electron chi connectivity index (χ1n) is 4.23. The maximum absolute atomic E-state index is 5.91. The van der Waals surface area contributed by atoms with E-state index in [1.165, 1.54) is 11.1 Å². The topological polar surface area (TPSA) is 35.2 Å². The number of fused-ring (bicyclic) bond motifs is 1. The minimum absolute atomic E-state index is 0. The first-order valence-corrected chi connectivity index (χ1v) is 4.23. The fraction of sp³-hybridized carbons (Fsp3) is 0.400. The van der Waals surface area contributed by atoms with E-state index in [0.29, 0.717) is 0 Å². The molecule has 0 aliphatic heterocycles. The van der Waals surface area contributed by atoms with Crippen LogP contribution in [0.1, 0.15) is 23.6 Å². The molecule has 1 aromatic carbocycles. The highest BCUT2D eigenvalue weighted by molar-refractivity contribution is 5.85. The smallest absolute Gasteiger partial charge is 0.119 e. The summed E-state index contributed by atoms with van der Waals surface area (Å²) in [6.45, 7) is 0. The maximum atomic E-state index is 5.91. The van der Waals surface area contributed by atoms with Crippen molar-refractivity contribution in [2.24, 2.45) is 5.73 Å². The lowest BCUT2D eigenvalue weighted by atomic mass is 10.1. The minimum atomic E-state index is 0. The molecule has 2 rings (SSSR count). The molecule has 2 nitrogen and oxygen atoms in total. The standard InChI is InChI=1S/C10H13NO.ClH/c1-12-8-4-2-7-3-5-10(11)9(7)6-8;/h2,4,6,10H,3,5,11H2,1H3;1H/t10-;/m1./s1. The second-order valence-corrected chi connectivity index (χ2v) is 3.21. The molecule has 0 amide bonds. The third-order valence-corrected chi connectivity index (χ3v) is 2.48. The number of halogens is 1. The van der Waals surface area contributed by atoms with Gasteiger partial charge in [-0.15, -0.1) is 12.4 Å². The van der Waals surface area contributed by atoms with Crippen molar-refractivity contribution in [2.45, 2.75) is 18.9 Å². The van der Waals surface area contributed by atoms with Gasteiger partial charge in [-0.05, 0) is 36.1 Å². The molecule has 2 N–H and O–H groups in total. The predicted molar refractivity (Wildman–Crippen MR) is 55.5 cm³/mol. The van der Waals surface area contributed by atoms with Crippen LogP contribution in [0.5, 0.6) is 5.75 Å². The molecule has 1 aliphatic carbocycles. The zero-order valence-corrected chi connectivity index (χ0v) is 8.43. The number of ether oxygens (including phenoxy) is 1. The van der Waals surface area contributed by atoms with Gasteiger partial charge < -0.3 is 10.5 Å². The minimum Gasteiger partial charge on any atom is -0.497 e. The van der Waals surface area contributed by atoms with Crippen molar-refractivity contribution in [3.8, 4) is 5.75 Å². The average Bonchev–Trinajstić information content (AvgIpc) is 2.47. The molecule has 0 bridgehead atoms. The average molecular weight is 200 g/mol. The van der Waals surface area contributed by atoms with Crippen LogP contribution < -0.4 is 10.5 Å². The van der Waals surface area contributed by atoms with E-state index in [-0.39, 0.29) is 18.4 Å². The Balaban J connectivity index is 0.000000845. The normalized spacial score (nSPS) is 19.1. The van der Waals surface area contributed by atoms with Crippen molar-refractivity contribution in [3.05, 3.63) is 29.3 Å². The van der Waals surface area contributed by atoms with Gasteiger partial charge in [0.25, 0.3) is 0 Å². The summed E-state index contributed by atoms with van der Waals surface area (Å²) in [4.78, 5) is 0. The lowest BCUT2D eigenvalue weighted by Crippen LogP contribution is -2.05. The number of aryl methyl sites for hydroxylation is 1. The first-order chi connectivity index (χ1) is 5.81. The van der Waals surface area contributed by atoms with E-state index in [1.54, 1.807) is 7.11 Å². The van der Waals surface area contributed by atoms with E-state index in [1.807, 2.05) is 12.1 Å². The molecule has 0 heterocycles. The Bertz CT molecular complexity index is 301. The highest BCUT2D eigenvalue weighted by Gasteiger charge is 2.18. The van der Waals surface area contributed by atoms with Crippen LogP contribution in [0, 0.1) is 0 Å². The second kappa shape index (κ2) is 3.99. The van der Waals surface area contributed by atoms with Crippen LogP contribution in [0.15, 0.2) is 18.2 Å². The Morgan fingerprint density at radius 1 is 1.46 bits per heavy atom. The summed E-state index contributed by atoms with van der Waals surface area (Å²) in [6.07, 6.45) is 2.18. The van der Waals surface area contributed by atoms with Crippen molar-refractivity contribution in [1.82, 2.24) is 0 Å². The molecule has 0 saturated carbocycles. The summed E-state index contributed by atoms with van der Waals surface area (Å²) in [6, 6.07) is 6.38. The predicted octanol–water partition coefficient (Wildman–Crippen LogP) is 2.06. The lowest BCUT2D eigenvalue weighted by molar-refractivity contribution is 0.414. The molecule has 1 aliphatic rings. The van der Waals surface area contributed by atoms with E-state index in [2.05, 4.69) is 6.07 Å². The van der Waals surface area contributed by atoms with Crippen molar-refractivity contribution in [1.29, 1.82) is 0 Å². The molecule has 0 aromatic heterocycles. The van der Waals surface area contributed by atoms with Gasteiger partial charge in [0.15, 0.2) is 0 Å². The van der Waals surface area contributed by atoms with Crippen molar-refractivity contribution >= 4 is 12.4 Å². The fourth-order valence-electron chi connectivity index (χ4n) is 1.74. The number of hydrogen-bond acceptors (Lipinski definition) is 2. The molecule has 1 aromatic rings. The zero-order chi connectivity index (χ0) is 8.55. The van der Waals surface area contributed by atoms with Crippen molar-refractivity contribution in [2.75, 3.05) is 7.11 Å². The van der Waals surface area contributed by atoms with E-state index in [0.717, 1.165) is 18.6 Å². The quantitative estimate of drug-likeness (QED) is 0.752. The lowest BCUT2D eigenvalue weighted by Gasteiger charge is -2.06. The molecule has 3 heteroatoms. The largest absolute Gasteiger partial charge is 0.497 e. The Kier molecular flexibility index (Phi) is 3.17. The molecule has 1 atom stereocenters. The molecule has 0 unspecified atom stereocenters. The molecule has 0 spiro atoms. The molecule has 0 radical (unpaired) electrons. The van der Waals surface area contributed by atoms with Gasteiger partial charge in [-0.25, -0.2) is 0 Å². The van der Waals surface area contributed by atoms with Gasteiger partial charge in [0.1, 0.15) is 5.75 Å². The van der Waals surface area contributed by atoms with Crippen LogP contribution in [0.3, 0.4) is 0 Å². The van der Waals surface area contributed by atoms with Crippen LogP contribution in [-0.4, -0.2) is 7.11 Å². The van der Waals surface area contributed by atoms with Gasteiger partial charge in [0.2, 0.25) is 0 Å². The Morgan fingerprint density at radius 3 is 2.92 bits per heavy atom. The number of hydrogen-bond donors (Lipinski definition) is 1. The van der Waals surface area contributed by atoms with Crippen molar-refractivity contribution < 1.29 is 4.74 Å². The summed E-state index contributed by atoms with van der Waals surface area (Å²) < 4.78 is 5.13. The Morgan fingerprint density at radius 2 is 2.23 bits per heavy atom. The van der Waals surface area contributed by atoms with Crippen LogP contribution in [-0.2, 0) is 6.42 Å². The molecule has 13 heavy (non-hydrogen) atoms. The van der Waals surface area contributed by atoms with Crippen LogP contribution in [0.4, 0.5) is 0 Å². The van der Waals surface area contributed by atoms with Gasteiger partial charge in [-0.3, -0.25) is 0 Å². The second-order valence-electron chi connectivity index (χ2n) is 3.21. The fourth-order valence-corrected chi connectivity index (χ4v) is 1.74. The van der Waals surface area contributed by atoms with E-state index in [9.17, 15) is 0 Å². The maximum Gasteiger partial charge on any atom is 0.119 e. The van der Waals surface area contributed by atoms with E-state index >= 15 is 0 Å². The zero-order valence-electron chi connectivity index (χ0n) is 7.62. The number of rotatable bonds is 1. The summed E-state index contributed by atoms with van der Waals surface area (Å²) in [5.41, 5.74) is 8.55. The highest BCUT2D eigenvalue weighted by atomic mass is 35.5. The third-order valence-electron chi connectivity index (χ3n) is 2.48. The van der Waals surface area contributed by atoms with Gasteiger partial charge in [-0.2, -0.15) is 0 Å². The van der Waals surface area contributed by atoms with Crippen molar-refractivity contribution in [3.63, 3.8) is 0 Å². The Hall–Kier alpha value is -0.730. The molecule has 0 fully saturated rings. The summed E-state index contributed by atoms with van der Waals surface area (Å²) >= 11 is 0. The van der Waals surface area contributed by atoms with Gasteiger partial charge in [-0.1, -0.05) is 6.07 Å². The Labute approximate surface area is 84.5 Å².